The van der Waals surface area contributed by atoms with Crippen LogP contribution in [0.2, 0.25) is 0 Å². The average Bonchev–Trinajstić information content (AvgIpc) is 3.57. The van der Waals surface area contributed by atoms with Gasteiger partial charge in [-0.25, -0.2) is 0 Å². The predicted octanol–water partition coefficient (Wildman–Crippen LogP) is 11.2. The fraction of sp³-hybridized carbons (Fsp3) is 0.0769. The summed E-state index contributed by atoms with van der Waals surface area (Å²) in [7, 11) is 0. The Bertz CT molecular complexity index is 2350. The number of hydrogen-bond donors (Lipinski definition) is 0. The topological polar surface area (TPSA) is 4.93 Å². The maximum Gasteiger partial charge on any atom is 0.0541 e. The van der Waals surface area contributed by atoms with Crippen LogP contribution in [0.15, 0.2) is 127 Å². The molecule has 2 unspecified atom stereocenters. The first-order valence-electron chi connectivity index (χ1n) is 14.4. The molecule has 0 fully saturated rings. The molecule has 194 valence electrons. The lowest BCUT2D eigenvalue weighted by Gasteiger charge is -2.26. The van der Waals surface area contributed by atoms with Crippen molar-refractivity contribution >= 4 is 70.8 Å². The molecule has 2 heteroatoms. The van der Waals surface area contributed by atoms with Crippen LogP contribution in [0.5, 0.6) is 0 Å². The van der Waals surface area contributed by atoms with Crippen LogP contribution in [0.4, 0.5) is 0 Å². The Morgan fingerprint density at radius 1 is 0.585 bits per heavy atom. The number of benzene rings is 6. The zero-order valence-electron chi connectivity index (χ0n) is 22.7. The summed E-state index contributed by atoms with van der Waals surface area (Å²) >= 11 is 1.92. The standard InChI is InChI=1S/C39H27NS/c1-24-29(19-21-38-39(24)33-11-5-7-13-37(33)41-38)27-16-20-36-34(23-27)32-10-4-6-12-35(32)40(36)28-17-18-31-26(22-28)15-14-25-8-2-3-9-30(25)31/h2-24,29H,1H3. The Hall–Kier alpha value is -4.66. The van der Waals surface area contributed by atoms with Crippen molar-refractivity contribution in [3.63, 3.8) is 0 Å². The van der Waals surface area contributed by atoms with Crippen LogP contribution < -0.4 is 0 Å². The number of aromatic nitrogens is 1. The van der Waals surface area contributed by atoms with Crippen molar-refractivity contribution in [2.75, 3.05) is 0 Å². The molecule has 6 aromatic carbocycles. The van der Waals surface area contributed by atoms with Crippen LogP contribution in [0.1, 0.15) is 34.8 Å². The monoisotopic (exact) mass is 541 g/mol. The summed E-state index contributed by atoms with van der Waals surface area (Å²) in [6, 6.07) is 44.9. The van der Waals surface area contributed by atoms with Gasteiger partial charge in [-0.1, -0.05) is 97.9 Å². The van der Waals surface area contributed by atoms with Crippen LogP contribution in [0.3, 0.4) is 0 Å². The highest BCUT2D eigenvalue weighted by Crippen LogP contribution is 2.47. The molecule has 0 spiro atoms. The second kappa shape index (κ2) is 8.67. The summed E-state index contributed by atoms with van der Waals surface area (Å²) in [4.78, 5) is 1.41. The quantitative estimate of drug-likeness (QED) is 0.192. The lowest BCUT2D eigenvalue weighted by Crippen LogP contribution is -2.09. The molecule has 1 aliphatic rings. The van der Waals surface area contributed by atoms with E-state index in [0.717, 1.165) is 0 Å². The third kappa shape index (κ3) is 3.35. The molecule has 41 heavy (non-hydrogen) atoms. The summed E-state index contributed by atoms with van der Waals surface area (Å²) in [5.74, 6) is 0.772. The van der Waals surface area contributed by atoms with Crippen molar-refractivity contribution in [3.05, 3.63) is 143 Å². The summed E-state index contributed by atoms with van der Waals surface area (Å²) in [5, 5.41) is 9.19. The van der Waals surface area contributed by atoms with Gasteiger partial charge in [-0.05, 0) is 86.5 Å². The van der Waals surface area contributed by atoms with E-state index in [1.807, 2.05) is 11.3 Å². The van der Waals surface area contributed by atoms with Gasteiger partial charge in [0.15, 0.2) is 0 Å². The molecule has 2 aromatic heterocycles. The van der Waals surface area contributed by atoms with Gasteiger partial charge in [0.1, 0.15) is 0 Å². The fourth-order valence-electron chi connectivity index (χ4n) is 7.23. The second-order valence-corrected chi connectivity index (χ2v) is 12.5. The third-order valence-corrected chi connectivity index (χ3v) is 10.3. The molecule has 2 heterocycles. The Morgan fingerprint density at radius 2 is 1.32 bits per heavy atom. The summed E-state index contributed by atoms with van der Waals surface area (Å²) in [6.45, 7) is 2.40. The van der Waals surface area contributed by atoms with E-state index in [0.29, 0.717) is 11.8 Å². The van der Waals surface area contributed by atoms with Crippen LogP contribution in [-0.2, 0) is 0 Å². The Balaban J connectivity index is 1.21. The number of thiophene rings is 1. The van der Waals surface area contributed by atoms with Crippen molar-refractivity contribution in [2.45, 2.75) is 18.8 Å². The maximum absolute atomic E-state index is 2.45. The van der Waals surface area contributed by atoms with E-state index in [4.69, 9.17) is 0 Å². The molecular weight excluding hydrogens is 515 g/mol. The molecule has 1 nitrogen and oxygen atoms in total. The highest BCUT2D eigenvalue weighted by Gasteiger charge is 2.28. The van der Waals surface area contributed by atoms with Gasteiger partial charge in [0.05, 0.1) is 11.0 Å². The fourth-order valence-corrected chi connectivity index (χ4v) is 8.45. The molecule has 0 saturated heterocycles. The van der Waals surface area contributed by atoms with Crippen molar-refractivity contribution in [1.29, 1.82) is 0 Å². The lowest BCUT2D eigenvalue weighted by atomic mass is 9.78. The Labute approximate surface area is 242 Å². The van der Waals surface area contributed by atoms with Gasteiger partial charge in [0.25, 0.3) is 0 Å². The van der Waals surface area contributed by atoms with Crippen molar-refractivity contribution < 1.29 is 0 Å². The Kier molecular flexibility index (Phi) is 4.88. The minimum Gasteiger partial charge on any atom is -0.309 e. The molecule has 0 N–H and O–H groups in total. The first-order valence-corrected chi connectivity index (χ1v) is 15.2. The van der Waals surface area contributed by atoms with Gasteiger partial charge in [-0.3, -0.25) is 0 Å². The highest BCUT2D eigenvalue weighted by molar-refractivity contribution is 7.20. The molecule has 9 rings (SSSR count). The van der Waals surface area contributed by atoms with E-state index in [9.17, 15) is 0 Å². The SMILES string of the molecule is CC1c2c(sc3ccccc23)C=CC1c1ccc2c(c1)c1ccccc1n2-c1ccc2c(ccc3ccccc32)c1. The zero-order valence-corrected chi connectivity index (χ0v) is 23.5. The molecule has 8 aromatic rings. The maximum atomic E-state index is 2.45. The van der Waals surface area contributed by atoms with E-state index >= 15 is 0 Å². The molecule has 1 aliphatic carbocycles. The van der Waals surface area contributed by atoms with E-state index in [-0.39, 0.29) is 0 Å². The van der Waals surface area contributed by atoms with Gasteiger partial charge in [0.2, 0.25) is 0 Å². The van der Waals surface area contributed by atoms with Gasteiger partial charge >= 0.3 is 0 Å². The summed E-state index contributed by atoms with van der Waals surface area (Å²) < 4.78 is 3.82. The van der Waals surface area contributed by atoms with Crippen LogP contribution in [0.25, 0.3) is 65.2 Å². The van der Waals surface area contributed by atoms with Gasteiger partial charge in [-0.15, -0.1) is 11.3 Å². The summed E-state index contributed by atoms with van der Waals surface area (Å²) in [5.41, 5.74) is 6.59. The number of fused-ring (bicyclic) bond motifs is 9. The average molecular weight is 542 g/mol. The van der Waals surface area contributed by atoms with E-state index in [1.54, 1.807) is 0 Å². The third-order valence-electron chi connectivity index (χ3n) is 9.18. The number of nitrogens with zero attached hydrogens (tertiary/aromatic N) is 1. The smallest absolute Gasteiger partial charge is 0.0541 e. The first-order chi connectivity index (χ1) is 20.2. The molecule has 2 atom stereocenters. The number of rotatable bonds is 2. The first kappa shape index (κ1) is 23.1. The van der Waals surface area contributed by atoms with E-state index < -0.39 is 0 Å². The zero-order chi connectivity index (χ0) is 27.1. The number of hydrogen-bond acceptors (Lipinski definition) is 1. The normalized spacial score (nSPS) is 16.8. The largest absolute Gasteiger partial charge is 0.309 e. The second-order valence-electron chi connectivity index (χ2n) is 11.4. The van der Waals surface area contributed by atoms with Gasteiger partial charge in [0, 0.05) is 32.0 Å². The number of para-hydroxylation sites is 1. The van der Waals surface area contributed by atoms with Crippen LogP contribution in [0, 0.1) is 0 Å². The predicted molar refractivity (Wildman–Crippen MR) is 178 cm³/mol. The van der Waals surface area contributed by atoms with Crippen molar-refractivity contribution in [2.24, 2.45) is 0 Å². The highest BCUT2D eigenvalue weighted by atomic mass is 32.1. The molecule has 0 aliphatic heterocycles. The minimum absolute atomic E-state index is 0.348. The molecular formula is C39H27NS. The summed E-state index contributed by atoms with van der Waals surface area (Å²) in [6.07, 6.45) is 4.79. The van der Waals surface area contributed by atoms with Crippen LogP contribution in [-0.4, -0.2) is 4.57 Å². The minimum atomic E-state index is 0.348. The molecule has 0 amide bonds. The van der Waals surface area contributed by atoms with E-state index in [1.165, 1.54) is 75.1 Å². The van der Waals surface area contributed by atoms with Crippen molar-refractivity contribution in [3.8, 4) is 5.69 Å². The van der Waals surface area contributed by atoms with Gasteiger partial charge in [-0.2, -0.15) is 0 Å². The van der Waals surface area contributed by atoms with Crippen molar-refractivity contribution in [1.82, 2.24) is 4.57 Å². The molecule has 0 saturated carbocycles. The van der Waals surface area contributed by atoms with E-state index in [2.05, 4.69) is 145 Å². The Morgan fingerprint density at radius 3 is 2.24 bits per heavy atom. The molecule has 0 radical (unpaired) electrons. The lowest BCUT2D eigenvalue weighted by molar-refractivity contribution is 0.678. The van der Waals surface area contributed by atoms with Gasteiger partial charge < -0.3 is 4.57 Å². The van der Waals surface area contributed by atoms with Crippen LogP contribution >= 0.6 is 11.3 Å². The number of allylic oxidation sites excluding steroid dienone is 1. The molecule has 0 bridgehead atoms.